The van der Waals surface area contributed by atoms with Crippen LogP contribution in [0.2, 0.25) is 0 Å². The van der Waals surface area contributed by atoms with Gasteiger partial charge in [0.1, 0.15) is 0 Å². The van der Waals surface area contributed by atoms with Crippen LogP contribution in [0.25, 0.3) is 21.8 Å². The first-order valence-corrected chi connectivity index (χ1v) is 11.3. The zero-order valence-corrected chi connectivity index (χ0v) is 19.5. The maximum Gasteiger partial charge on any atom is 0.337 e. The molecule has 2 aromatic heterocycles. The first-order chi connectivity index (χ1) is 17.5. The molecule has 1 aliphatic rings. The van der Waals surface area contributed by atoms with Crippen LogP contribution < -0.4 is 5.32 Å². The SMILES string of the molecule is COC(=O)c1ccc2c(C3(c4c[nH]c5cc(C(=O)OC)ccc45)Nc4ccccc4C3=O)c[nH]c2c1. The highest BCUT2D eigenvalue weighted by atomic mass is 16.5. The van der Waals surface area contributed by atoms with Crippen LogP contribution in [0.3, 0.4) is 0 Å². The van der Waals surface area contributed by atoms with Crippen molar-refractivity contribution in [2.75, 3.05) is 19.5 Å². The van der Waals surface area contributed by atoms with Gasteiger partial charge in [-0.3, -0.25) is 4.79 Å². The Labute approximate surface area is 205 Å². The van der Waals surface area contributed by atoms with Crippen LogP contribution in [0, 0.1) is 0 Å². The van der Waals surface area contributed by atoms with Gasteiger partial charge in [-0.05, 0) is 36.4 Å². The molecule has 0 fully saturated rings. The third-order valence-corrected chi connectivity index (χ3v) is 6.85. The van der Waals surface area contributed by atoms with Gasteiger partial charge in [0.15, 0.2) is 11.3 Å². The summed E-state index contributed by atoms with van der Waals surface area (Å²) < 4.78 is 9.71. The fraction of sp³-hybridized carbons (Fsp3) is 0.107. The standard InChI is InChI=1S/C28H21N3O5/c1-35-26(33)15-7-9-17-20(13-29-23(17)11-15)28(25(32)19-5-3-4-6-22(19)31-28)21-14-30-24-12-16(27(34)36-2)8-10-18(21)24/h3-14,29-31H,1-2H3. The number of aromatic amines is 2. The number of para-hydroxylation sites is 1. The Balaban J connectivity index is 1.61. The minimum Gasteiger partial charge on any atom is -0.465 e. The van der Waals surface area contributed by atoms with Gasteiger partial charge < -0.3 is 24.8 Å². The van der Waals surface area contributed by atoms with Gasteiger partial charge in [0.2, 0.25) is 0 Å². The van der Waals surface area contributed by atoms with Crippen molar-refractivity contribution in [2.45, 2.75) is 5.54 Å². The van der Waals surface area contributed by atoms with Crippen molar-refractivity contribution >= 4 is 45.2 Å². The van der Waals surface area contributed by atoms with Crippen molar-refractivity contribution < 1.29 is 23.9 Å². The topological polar surface area (TPSA) is 113 Å². The predicted octanol–water partition coefficient (Wildman–Crippen LogP) is 4.77. The fourth-order valence-corrected chi connectivity index (χ4v) is 5.14. The van der Waals surface area contributed by atoms with Crippen LogP contribution in [0.5, 0.6) is 0 Å². The molecular formula is C28H21N3O5. The van der Waals surface area contributed by atoms with E-state index in [9.17, 15) is 14.4 Å². The molecule has 0 saturated heterocycles. The number of nitrogens with one attached hydrogen (secondary N) is 3. The lowest BCUT2D eigenvalue weighted by Gasteiger charge is -2.29. The summed E-state index contributed by atoms with van der Waals surface area (Å²) in [7, 11) is 2.67. The summed E-state index contributed by atoms with van der Waals surface area (Å²) in [6.07, 6.45) is 3.59. The Hall–Kier alpha value is -4.85. The number of methoxy groups -OCH3 is 2. The first kappa shape index (κ1) is 21.7. The summed E-state index contributed by atoms with van der Waals surface area (Å²) in [5.74, 6) is -0.986. The molecule has 8 heteroatoms. The van der Waals surface area contributed by atoms with E-state index in [-0.39, 0.29) is 5.78 Å². The molecular weight excluding hydrogens is 458 g/mol. The van der Waals surface area contributed by atoms with E-state index >= 15 is 0 Å². The summed E-state index contributed by atoms with van der Waals surface area (Å²) in [5, 5.41) is 5.09. The van der Waals surface area contributed by atoms with Gasteiger partial charge in [-0.25, -0.2) is 9.59 Å². The molecule has 0 atom stereocenters. The molecule has 0 radical (unpaired) electrons. The number of fused-ring (bicyclic) bond motifs is 3. The number of esters is 2. The molecule has 0 aliphatic carbocycles. The molecule has 3 aromatic carbocycles. The lowest BCUT2D eigenvalue weighted by atomic mass is 9.79. The minimum absolute atomic E-state index is 0.103. The number of ketones is 1. The van der Waals surface area contributed by atoms with Crippen LogP contribution in [0.1, 0.15) is 42.2 Å². The molecule has 1 aliphatic heterocycles. The predicted molar refractivity (Wildman–Crippen MR) is 134 cm³/mol. The van der Waals surface area contributed by atoms with Gasteiger partial charge in [0.25, 0.3) is 0 Å². The van der Waals surface area contributed by atoms with E-state index in [1.165, 1.54) is 14.2 Å². The van der Waals surface area contributed by atoms with Gasteiger partial charge >= 0.3 is 11.9 Å². The van der Waals surface area contributed by atoms with Gasteiger partial charge in [0.05, 0.1) is 25.3 Å². The number of aromatic nitrogens is 2. The van der Waals surface area contributed by atoms with E-state index in [2.05, 4.69) is 15.3 Å². The van der Waals surface area contributed by atoms with E-state index < -0.39 is 17.5 Å². The zero-order valence-electron chi connectivity index (χ0n) is 19.5. The highest BCUT2D eigenvalue weighted by molar-refractivity contribution is 6.19. The smallest absolute Gasteiger partial charge is 0.337 e. The van der Waals surface area contributed by atoms with E-state index in [1.807, 2.05) is 30.3 Å². The van der Waals surface area contributed by atoms with Crippen LogP contribution in [0.4, 0.5) is 5.69 Å². The average molecular weight is 479 g/mol. The number of rotatable bonds is 4. The normalized spacial score (nSPS) is 14.0. The first-order valence-electron chi connectivity index (χ1n) is 11.3. The molecule has 0 spiro atoms. The minimum atomic E-state index is -1.25. The molecule has 0 bridgehead atoms. The molecule has 6 rings (SSSR count). The van der Waals surface area contributed by atoms with Crippen molar-refractivity contribution in [1.82, 2.24) is 9.97 Å². The van der Waals surface area contributed by atoms with Crippen molar-refractivity contribution in [3.8, 4) is 0 Å². The quantitative estimate of drug-likeness (QED) is 0.320. The Kier molecular flexibility index (Phi) is 4.72. The molecule has 3 heterocycles. The summed E-state index contributed by atoms with van der Waals surface area (Å²) >= 11 is 0. The maximum atomic E-state index is 14.2. The second-order valence-corrected chi connectivity index (χ2v) is 8.66. The van der Waals surface area contributed by atoms with Crippen LogP contribution in [-0.2, 0) is 15.0 Å². The summed E-state index contributed by atoms with van der Waals surface area (Å²) in [5.41, 5.74) is 3.70. The van der Waals surface area contributed by atoms with Crippen LogP contribution in [-0.4, -0.2) is 41.9 Å². The second-order valence-electron chi connectivity index (χ2n) is 8.66. The molecule has 3 N–H and O–H groups in total. The van der Waals surface area contributed by atoms with Gasteiger partial charge in [-0.15, -0.1) is 0 Å². The van der Waals surface area contributed by atoms with Crippen LogP contribution >= 0.6 is 0 Å². The van der Waals surface area contributed by atoms with E-state index in [0.717, 1.165) is 16.5 Å². The lowest BCUT2D eigenvalue weighted by Crippen LogP contribution is -2.39. The summed E-state index contributed by atoms with van der Waals surface area (Å²) in [6, 6.07) is 17.8. The molecule has 36 heavy (non-hydrogen) atoms. The van der Waals surface area contributed by atoms with Gasteiger partial charge in [-0.1, -0.05) is 24.3 Å². The van der Waals surface area contributed by atoms with E-state index in [4.69, 9.17) is 9.47 Å². The van der Waals surface area contributed by atoms with Crippen molar-refractivity contribution in [3.63, 3.8) is 0 Å². The number of hydrogen-bond acceptors (Lipinski definition) is 6. The molecule has 5 aromatic rings. The third kappa shape index (κ3) is 2.91. The van der Waals surface area contributed by atoms with Crippen molar-refractivity contribution in [3.05, 3.63) is 101 Å². The number of carbonyl (C=O) groups excluding carboxylic acids is 3. The Morgan fingerprint density at radius 3 is 1.78 bits per heavy atom. The molecule has 8 nitrogen and oxygen atoms in total. The number of H-pyrrole nitrogens is 2. The Bertz CT molecular complexity index is 1620. The van der Waals surface area contributed by atoms with Gasteiger partial charge in [0, 0.05) is 56.6 Å². The molecule has 0 saturated carbocycles. The third-order valence-electron chi connectivity index (χ3n) is 6.85. The molecule has 0 amide bonds. The highest BCUT2D eigenvalue weighted by Crippen LogP contribution is 2.48. The summed E-state index contributed by atoms with van der Waals surface area (Å²) in [4.78, 5) is 44.8. The Morgan fingerprint density at radius 1 is 0.750 bits per heavy atom. The largest absolute Gasteiger partial charge is 0.465 e. The number of carbonyl (C=O) groups is 3. The number of hydrogen-bond donors (Lipinski definition) is 3. The monoisotopic (exact) mass is 479 g/mol. The molecule has 178 valence electrons. The van der Waals surface area contributed by atoms with E-state index in [1.54, 1.807) is 42.7 Å². The second kappa shape index (κ2) is 7.84. The number of ether oxygens (including phenoxy) is 2. The fourth-order valence-electron chi connectivity index (χ4n) is 5.14. The zero-order chi connectivity index (χ0) is 25.0. The molecule has 0 unspecified atom stereocenters. The van der Waals surface area contributed by atoms with Gasteiger partial charge in [-0.2, -0.15) is 0 Å². The number of benzene rings is 3. The number of Topliss-reactive ketones (excluding diaryl/α,β-unsaturated/α-hetero) is 1. The summed E-state index contributed by atoms with van der Waals surface area (Å²) in [6.45, 7) is 0. The lowest BCUT2D eigenvalue weighted by molar-refractivity contribution is 0.0592. The van der Waals surface area contributed by atoms with Crippen molar-refractivity contribution in [2.24, 2.45) is 0 Å². The average Bonchev–Trinajstić information content (AvgIpc) is 3.61. The highest BCUT2D eigenvalue weighted by Gasteiger charge is 2.50. The van der Waals surface area contributed by atoms with E-state index in [0.29, 0.717) is 38.9 Å². The van der Waals surface area contributed by atoms with Crippen molar-refractivity contribution in [1.29, 1.82) is 0 Å². The Morgan fingerprint density at radius 2 is 1.28 bits per heavy atom. The van der Waals surface area contributed by atoms with Crippen LogP contribution in [0.15, 0.2) is 73.1 Å². The number of anilines is 1. The maximum absolute atomic E-state index is 14.2.